The highest BCUT2D eigenvalue weighted by molar-refractivity contribution is 8.97. The van der Waals surface area contributed by atoms with Crippen molar-refractivity contribution in [3.8, 4) is 0 Å². The molecule has 2 nitrogen and oxygen atoms in total. The van der Waals surface area contributed by atoms with Crippen LogP contribution in [0.2, 0.25) is 0 Å². The molecule has 1 fully saturated rings. The molecular formula is C4H10O2P2S3. The van der Waals surface area contributed by atoms with Crippen molar-refractivity contribution in [1.29, 1.82) is 0 Å². The summed E-state index contributed by atoms with van der Waals surface area (Å²) in [6, 6.07) is 0. The van der Waals surface area contributed by atoms with E-state index in [0.29, 0.717) is 13.2 Å². The Kier molecular flexibility index (Phi) is 3.63. The molecule has 0 aliphatic carbocycles. The molecule has 0 aromatic carbocycles. The molecule has 1 rings (SSSR count). The lowest BCUT2D eigenvalue weighted by Gasteiger charge is -2.17. The third-order valence-corrected chi connectivity index (χ3v) is 14.9. The lowest BCUT2D eigenvalue weighted by atomic mass is 10.8. The normalized spacial score (nSPS) is 46.7. The van der Waals surface area contributed by atoms with Crippen LogP contribution in [0.3, 0.4) is 0 Å². The van der Waals surface area contributed by atoms with Gasteiger partial charge in [-0.05, 0) is 24.3 Å². The van der Waals surface area contributed by atoms with Crippen LogP contribution in [-0.2, 0) is 32.7 Å². The van der Waals surface area contributed by atoms with Crippen LogP contribution in [0.1, 0.15) is 0 Å². The van der Waals surface area contributed by atoms with Gasteiger partial charge in [0.25, 0.3) is 0 Å². The molecule has 66 valence electrons. The van der Waals surface area contributed by atoms with Crippen LogP contribution in [0, 0.1) is 0 Å². The summed E-state index contributed by atoms with van der Waals surface area (Å²) >= 11 is 12.1. The molecule has 0 N–H and O–H groups in total. The van der Waals surface area contributed by atoms with E-state index in [2.05, 4.69) is 0 Å². The van der Waals surface area contributed by atoms with Gasteiger partial charge in [0.15, 0.2) is 0 Å². The Hall–Kier alpha value is 1.57. The minimum absolute atomic E-state index is 0.604. The maximum Gasteiger partial charge on any atom is 0.123 e. The third kappa shape index (κ3) is 3.86. The Bertz CT molecular complexity index is 217. The monoisotopic (exact) mass is 248 g/mol. The largest absolute Gasteiger partial charge is 0.339 e. The zero-order chi connectivity index (χ0) is 8.54. The summed E-state index contributed by atoms with van der Waals surface area (Å²) < 4.78 is 10.9. The highest BCUT2D eigenvalue weighted by Gasteiger charge is 2.25. The molecule has 1 aliphatic rings. The molecule has 1 saturated heterocycles. The first-order chi connectivity index (χ1) is 4.91. The van der Waals surface area contributed by atoms with E-state index in [-0.39, 0.29) is 0 Å². The van der Waals surface area contributed by atoms with Gasteiger partial charge >= 0.3 is 0 Å². The fourth-order valence-corrected chi connectivity index (χ4v) is 18.7. The maximum absolute atomic E-state index is 5.45. The van der Waals surface area contributed by atoms with E-state index in [4.69, 9.17) is 32.7 Å². The second-order valence-electron chi connectivity index (χ2n) is 2.29. The predicted octanol–water partition coefficient (Wildman–Crippen LogP) is 2.65. The highest BCUT2D eigenvalue weighted by atomic mass is 33.2. The van der Waals surface area contributed by atoms with Gasteiger partial charge in [-0.25, -0.2) is 0 Å². The number of hydrogen-bond acceptors (Lipinski definition) is 5. The predicted molar refractivity (Wildman–Crippen MR) is 59.9 cm³/mol. The van der Waals surface area contributed by atoms with E-state index in [1.807, 2.05) is 13.3 Å². The number of hydrogen-bond donors (Lipinski definition) is 0. The zero-order valence-corrected chi connectivity index (χ0v) is 10.6. The van der Waals surface area contributed by atoms with Crippen molar-refractivity contribution in [2.75, 3.05) is 26.5 Å². The van der Waals surface area contributed by atoms with Gasteiger partial charge < -0.3 is 9.05 Å². The van der Waals surface area contributed by atoms with Gasteiger partial charge in [0.05, 0.1) is 13.2 Å². The van der Waals surface area contributed by atoms with E-state index in [9.17, 15) is 0 Å². The average Bonchev–Trinajstić information content (AvgIpc) is 1.86. The van der Waals surface area contributed by atoms with Crippen molar-refractivity contribution in [3.63, 3.8) is 0 Å². The van der Waals surface area contributed by atoms with E-state index >= 15 is 0 Å². The topological polar surface area (TPSA) is 18.5 Å². The molecule has 0 radical (unpaired) electrons. The average molecular weight is 248 g/mol. The first-order valence-corrected chi connectivity index (χ1v) is 11.4. The van der Waals surface area contributed by atoms with Gasteiger partial charge in [0, 0.05) is 0 Å². The second kappa shape index (κ2) is 3.75. The van der Waals surface area contributed by atoms with Gasteiger partial charge in [-0.1, -0.05) is 23.6 Å². The molecule has 0 amide bonds. The first kappa shape index (κ1) is 10.6. The molecule has 0 spiro atoms. The second-order valence-corrected chi connectivity index (χ2v) is 17.8. The Balaban J connectivity index is 2.78. The highest BCUT2D eigenvalue weighted by Crippen LogP contribution is 2.76. The standard InChI is InChI=1S/C4H10O2P2S3/c1-7(9)5-3-4-6-8(2,10)11-7/h3-4H2,1-2H3. The summed E-state index contributed by atoms with van der Waals surface area (Å²) in [4.78, 5) is 0. The molecular weight excluding hydrogens is 238 g/mol. The summed E-state index contributed by atoms with van der Waals surface area (Å²) in [5.74, 6) is 0. The van der Waals surface area contributed by atoms with Gasteiger partial charge in [-0.3, -0.25) is 0 Å². The molecule has 1 aliphatic heterocycles. The summed E-state index contributed by atoms with van der Waals surface area (Å²) in [5.41, 5.74) is -3.36. The quantitative estimate of drug-likeness (QED) is 0.612. The molecule has 11 heavy (non-hydrogen) atoms. The molecule has 2 atom stereocenters. The van der Waals surface area contributed by atoms with Crippen molar-refractivity contribution in [1.82, 2.24) is 0 Å². The summed E-state index contributed by atoms with van der Waals surface area (Å²) in [6.07, 6.45) is 0. The lowest BCUT2D eigenvalue weighted by molar-refractivity contribution is 0.256. The lowest BCUT2D eigenvalue weighted by Crippen LogP contribution is -1.94. The molecule has 0 saturated carbocycles. The van der Waals surface area contributed by atoms with Gasteiger partial charge in [0.1, 0.15) is 10.9 Å². The van der Waals surface area contributed by atoms with Crippen molar-refractivity contribution in [2.45, 2.75) is 0 Å². The molecule has 0 aromatic heterocycles. The van der Waals surface area contributed by atoms with Gasteiger partial charge in [-0.2, -0.15) is 0 Å². The minimum Gasteiger partial charge on any atom is -0.339 e. The maximum atomic E-state index is 5.45. The third-order valence-electron chi connectivity index (χ3n) is 1.03. The Morgan fingerprint density at radius 3 is 1.82 bits per heavy atom. The van der Waals surface area contributed by atoms with Crippen molar-refractivity contribution < 1.29 is 9.05 Å². The van der Waals surface area contributed by atoms with Crippen molar-refractivity contribution in [3.05, 3.63) is 0 Å². The molecule has 7 heteroatoms. The van der Waals surface area contributed by atoms with Crippen LogP contribution < -0.4 is 0 Å². The SMILES string of the molecule is CP1(=S)OCCOP(C)(=S)S1. The molecule has 1 heterocycles. The van der Waals surface area contributed by atoms with Gasteiger partial charge in [-0.15, -0.1) is 0 Å². The van der Waals surface area contributed by atoms with Crippen molar-refractivity contribution >= 4 is 45.5 Å². The number of rotatable bonds is 0. The van der Waals surface area contributed by atoms with Gasteiger partial charge in [0.2, 0.25) is 0 Å². The van der Waals surface area contributed by atoms with E-state index in [0.717, 1.165) is 0 Å². The summed E-state index contributed by atoms with van der Waals surface area (Å²) in [5, 5.41) is 0. The molecule has 0 aromatic rings. The zero-order valence-electron chi connectivity index (χ0n) is 6.35. The van der Waals surface area contributed by atoms with Crippen LogP contribution in [0.4, 0.5) is 0 Å². The molecule has 0 bridgehead atoms. The van der Waals surface area contributed by atoms with Crippen LogP contribution >= 0.6 is 21.9 Å². The minimum atomic E-state index is -1.68. The van der Waals surface area contributed by atoms with Crippen LogP contribution in [0.25, 0.3) is 0 Å². The van der Waals surface area contributed by atoms with E-state index in [1.165, 1.54) is 0 Å². The van der Waals surface area contributed by atoms with Crippen molar-refractivity contribution in [2.24, 2.45) is 0 Å². The Morgan fingerprint density at radius 2 is 1.45 bits per heavy atom. The smallest absolute Gasteiger partial charge is 0.123 e. The molecule has 2 unspecified atom stereocenters. The Morgan fingerprint density at radius 1 is 1.09 bits per heavy atom. The van der Waals surface area contributed by atoms with Crippen LogP contribution in [0.5, 0.6) is 0 Å². The van der Waals surface area contributed by atoms with Crippen LogP contribution in [-0.4, -0.2) is 26.5 Å². The fourth-order valence-electron chi connectivity index (χ4n) is 0.723. The fraction of sp³-hybridized carbons (Fsp3) is 1.00. The Labute approximate surface area is 81.1 Å². The van der Waals surface area contributed by atoms with E-state index < -0.39 is 10.9 Å². The summed E-state index contributed by atoms with van der Waals surface area (Å²) in [6.45, 7) is 5.14. The first-order valence-electron chi connectivity index (χ1n) is 3.07. The van der Waals surface area contributed by atoms with Crippen LogP contribution in [0.15, 0.2) is 0 Å². The van der Waals surface area contributed by atoms with E-state index in [1.54, 1.807) is 11.0 Å². The summed E-state index contributed by atoms with van der Waals surface area (Å²) in [7, 11) is 0.